The molecular weight excluding hydrogens is 410 g/mol. The zero-order chi connectivity index (χ0) is 22.7. The van der Waals surface area contributed by atoms with Crippen LogP contribution in [0.2, 0.25) is 0 Å². The fourth-order valence-electron chi connectivity index (χ4n) is 4.42. The van der Waals surface area contributed by atoms with Gasteiger partial charge in [0.05, 0.1) is 35.3 Å². The number of amides is 2. The number of benzene rings is 2. The molecular formula is C25H25NO6. The second-order valence-corrected chi connectivity index (χ2v) is 8.06. The van der Waals surface area contributed by atoms with Crippen LogP contribution in [0.5, 0.6) is 0 Å². The predicted octanol–water partition coefficient (Wildman–Crippen LogP) is 3.90. The zero-order valence-corrected chi connectivity index (χ0v) is 17.9. The van der Waals surface area contributed by atoms with E-state index in [9.17, 15) is 19.2 Å². The van der Waals surface area contributed by atoms with Crippen LogP contribution in [0.1, 0.15) is 58.9 Å². The van der Waals surface area contributed by atoms with Crippen molar-refractivity contribution in [2.45, 2.75) is 39.2 Å². The molecule has 166 valence electrons. The molecule has 7 nitrogen and oxygen atoms in total. The van der Waals surface area contributed by atoms with Crippen molar-refractivity contribution in [2.24, 2.45) is 11.8 Å². The molecule has 0 radical (unpaired) electrons. The summed E-state index contributed by atoms with van der Waals surface area (Å²) in [5.41, 5.74) is 1.68. The molecule has 1 aliphatic carbocycles. The quantitative estimate of drug-likeness (QED) is 0.505. The van der Waals surface area contributed by atoms with E-state index in [1.807, 2.05) is 0 Å². The summed E-state index contributed by atoms with van der Waals surface area (Å²) in [6.07, 6.45) is 3.38. The summed E-state index contributed by atoms with van der Waals surface area (Å²) in [6, 6.07) is 13.1. The highest BCUT2D eigenvalue weighted by molar-refractivity contribution is 6.22. The van der Waals surface area contributed by atoms with Crippen LogP contribution in [-0.2, 0) is 25.7 Å². The van der Waals surface area contributed by atoms with E-state index < -0.39 is 11.9 Å². The number of ether oxygens (including phenoxy) is 2. The number of esters is 2. The third kappa shape index (κ3) is 4.28. The molecule has 2 fully saturated rings. The summed E-state index contributed by atoms with van der Waals surface area (Å²) in [7, 11) is 0. The van der Waals surface area contributed by atoms with Crippen molar-refractivity contribution >= 4 is 29.4 Å². The minimum absolute atomic E-state index is 0.0258. The average Bonchev–Trinajstić information content (AvgIpc) is 3.08. The van der Waals surface area contributed by atoms with Crippen LogP contribution in [0.4, 0.5) is 5.69 Å². The van der Waals surface area contributed by atoms with E-state index in [0.717, 1.165) is 25.7 Å². The lowest BCUT2D eigenvalue weighted by Gasteiger charge is -2.19. The summed E-state index contributed by atoms with van der Waals surface area (Å²) < 4.78 is 10.4. The Hall–Kier alpha value is -3.48. The normalized spacial score (nSPS) is 20.1. The number of hydrogen-bond donors (Lipinski definition) is 0. The van der Waals surface area contributed by atoms with Crippen molar-refractivity contribution in [1.82, 2.24) is 0 Å². The second-order valence-electron chi connectivity index (χ2n) is 8.06. The number of hydrogen-bond acceptors (Lipinski definition) is 6. The summed E-state index contributed by atoms with van der Waals surface area (Å²) in [5, 5.41) is 0. The Bertz CT molecular complexity index is 1040. The van der Waals surface area contributed by atoms with Gasteiger partial charge in [-0.05, 0) is 55.7 Å². The topological polar surface area (TPSA) is 90.0 Å². The highest BCUT2D eigenvalue weighted by atomic mass is 16.5. The van der Waals surface area contributed by atoms with Gasteiger partial charge in [0.2, 0.25) is 11.8 Å². The Kier molecular flexibility index (Phi) is 6.35. The van der Waals surface area contributed by atoms with Crippen LogP contribution in [0, 0.1) is 11.8 Å². The first-order chi connectivity index (χ1) is 15.5. The molecule has 2 aromatic rings. The van der Waals surface area contributed by atoms with Crippen molar-refractivity contribution in [3.63, 3.8) is 0 Å². The Morgan fingerprint density at radius 1 is 0.875 bits per heavy atom. The number of anilines is 1. The van der Waals surface area contributed by atoms with E-state index in [0.29, 0.717) is 16.8 Å². The Labute approximate surface area is 186 Å². The first kappa shape index (κ1) is 21.7. The number of imide groups is 1. The fourth-order valence-corrected chi connectivity index (χ4v) is 4.42. The fraction of sp³-hybridized carbons (Fsp3) is 0.360. The van der Waals surface area contributed by atoms with Crippen LogP contribution in [0.3, 0.4) is 0 Å². The molecule has 2 atom stereocenters. The van der Waals surface area contributed by atoms with Crippen LogP contribution < -0.4 is 4.90 Å². The third-order valence-electron chi connectivity index (χ3n) is 5.99. The largest absolute Gasteiger partial charge is 0.462 e. The molecule has 1 heterocycles. The van der Waals surface area contributed by atoms with Crippen molar-refractivity contribution in [3.8, 4) is 0 Å². The molecule has 0 spiro atoms. The summed E-state index contributed by atoms with van der Waals surface area (Å²) in [4.78, 5) is 51.4. The minimum atomic E-state index is -0.579. The lowest BCUT2D eigenvalue weighted by atomic mass is 9.81. The van der Waals surface area contributed by atoms with Crippen LogP contribution in [0.15, 0.2) is 48.5 Å². The first-order valence-corrected chi connectivity index (χ1v) is 10.9. The average molecular weight is 435 g/mol. The Morgan fingerprint density at radius 2 is 1.47 bits per heavy atom. The molecule has 4 rings (SSSR count). The number of carbonyl (C=O) groups is 4. The second kappa shape index (κ2) is 9.34. The van der Waals surface area contributed by atoms with Crippen LogP contribution >= 0.6 is 0 Å². The number of fused-ring (bicyclic) bond motifs is 1. The maximum Gasteiger partial charge on any atom is 0.338 e. The molecule has 2 aromatic carbocycles. The molecule has 2 aliphatic rings. The molecule has 32 heavy (non-hydrogen) atoms. The number of carbonyl (C=O) groups excluding carboxylic acids is 4. The molecule has 0 bridgehead atoms. The summed E-state index contributed by atoms with van der Waals surface area (Å²) in [5.74, 6) is -1.88. The van der Waals surface area contributed by atoms with Gasteiger partial charge >= 0.3 is 11.9 Å². The van der Waals surface area contributed by atoms with E-state index in [1.165, 1.54) is 11.0 Å². The third-order valence-corrected chi connectivity index (χ3v) is 5.99. The van der Waals surface area contributed by atoms with Crippen molar-refractivity contribution < 1.29 is 28.7 Å². The van der Waals surface area contributed by atoms with Gasteiger partial charge in [-0.3, -0.25) is 14.5 Å². The minimum Gasteiger partial charge on any atom is -0.462 e. The van der Waals surface area contributed by atoms with Crippen LogP contribution in [-0.4, -0.2) is 30.4 Å². The molecule has 1 saturated heterocycles. The van der Waals surface area contributed by atoms with Gasteiger partial charge < -0.3 is 9.47 Å². The summed E-state index contributed by atoms with van der Waals surface area (Å²) >= 11 is 0. The van der Waals surface area contributed by atoms with Crippen LogP contribution in [0.25, 0.3) is 0 Å². The predicted molar refractivity (Wildman–Crippen MR) is 116 cm³/mol. The van der Waals surface area contributed by atoms with Gasteiger partial charge in [0, 0.05) is 0 Å². The van der Waals surface area contributed by atoms with Crippen molar-refractivity contribution in [2.75, 3.05) is 11.5 Å². The summed E-state index contributed by atoms with van der Waals surface area (Å²) in [6.45, 7) is 1.98. The van der Waals surface area contributed by atoms with E-state index in [1.54, 1.807) is 49.4 Å². The first-order valence-electron chi connectivity index (χ1n) is 10.9. The van der Waals surface area contributed by atoms with E-state index in [4.69, 9.17) is 9.47 Å². The van der Waals surface area contributed by atoms with E-state index in [2.05, 4.69) is 0 Å². The number of rotatable bonds is 6. The Balaban J connectivity index is 1.45. The highest BCUT2D eigenvalue weighted by Crippen LogP contribution is 2.40. The molecule has 2 amide bonds. The molecule has 7 heteroatoms. The maximum atomic E-state index is 12.8. The van der Waals surface area contributed by atoms with E-state index in [-0.39, 0.29) is 42.4 Å². The van der Waals surface area contributed by atoms with Gasteiger partial charge in [-0.25, -0.2) is 9.59 Å². The molecule has 2 unspecified atom stereocenters. The lowest BCUT2D eigenvalue weighted by Crippen LogP contribution is -2.31. The standard InChI is InChI=1S/C25H25NO6/c1-2-31-24(29)17-8-5-7-16(13-17)15-32-25(30)18-9-6-10-19(14-18)26-22(27)20-11-3-4-12-21(20)23(26)28/h5-10,13-14,20-21H,2-4,11-12,15H2,1H3. The SMILES string of the molecule is CCOC(=O)c1cccc(COC(=O)c2cccc(N3C(=O)C4CCCCC4C3=O)c2)c1. The van der Waals surface area contributed by atoms with Crippen molar-refractivity contribution in [3.05, 3.63) is 65.2 Å². The smallest absolute Gasteiger partial charge is 0.338 e. The Morgan fingerprint density at radius 3 is 2.12 bits per heavy atom. The van der Waals surface area contributed by atoms with Gasteiger partial charge in [0.15, 0.2) is 0 Å². The molecule has 1 aliphatic heterocycles. The monoisotopic (exact) mass is 435 g/mol. The molecule has 0 aromatic heterocycles. The van der Waals surface area contributed by atoms with Crippen molar-refractivity contribution in [1.29, 1.82) is 0 Å². The number of nitrogens with zero attached hydrogens (tertiary/aromatic N) is 1. The lowest BCUT2D eigenvalue weighted by molar-refractivity contribution is -0.122. The van der Waals surface area contributed by atoms with E-state index >= 15 is 0 Å². The molecule has 0 N–H and O–H groups in total. The zero-order valence-electron chi connectivity index (χ0n) is 17.9. The highest BCUT2D eigenvalue weighted by Gasteiger charge is 2.48. The van der Waals surface area contributed by atoms with Gasteiger partial charge in [-0.1, -0.05) is 31.0 Å². The van der Waals surface area contributed by atoms with Gasteiger partial charge in [0.1, 0.15) is 6.61 Å². The van der Waals surface area contributed by atoms with Gasteiger partial charge in [0.25, 0.3) is 0 Å². The molecule has 1 saturated carbocycles. The van der Waals surface area contributed by atoms with Gasteiger partial charge in [-0.2, -0.15) is 0 Å². The van der Waals surface area contributed by atoms with Gasteiger partial charge in [-0.15, -0.1) is 0 Å². The maximum absolute atomic E-state index is 12.8.